The summed E-state index contributed by atoms with van der Waals surface area (Å²) in [7, 11) is 0. The molecule has 4 rings (SSSR count). The third-order valence-corrected chi connectivity index (χ3v) is 4.84. The predicted octanol–water partition coefficient (Wildman–Crippen LogP) is 4.43. The molecule has 3 heterocycles. The minimum absolute atomic E-state index is 0.0153. The number of alkyl halides is 2. The SMILES string of the molecule is O=C(CCc1nc(-c2cccnc2)no1)Nc1nc(-c2ccccc2OC(F)F)cs1. The summed E-state index contributed by atoms with van der Waals surface area (Å²) in [5.74, 6) is 0.449. The zero-order valence-corrected chi connectivity index (χ0v) is 16.7. The molecule has 0 bridgehead atoms. The zero-order valence-electron chi connectivity index (χ0n) is 15.9. The fourth-order valence-corrected chi connectivity index (χ4v) is 3.43. The number of nitrogens with one attached hydrogen (secondary N) is 1. The van der Waals surface area contributed by atoms with E-state index in [1.807, 2.05) is 0 Å². The van der Waals surface area contributed by atoms with Gasteiger partial charge in [0.15, 0.2) is 5.13 Å². The van der Waals surface area contributed by atoms with E-state index in [9.17, 15) is 13.6 Å². The van der Waals surface area contributed by atoms with Gasteiger partial charge in [0.25, 0.3) is 0 Å². The molecule has 8 nitrogen and oxygen atoms in total. The topological polar surface area (TPSA) is 103 Å². The van der Waals surface area contributed by atoms with E-state index in [0.29, 0.717) is 33.7 Å². The van der Waals surface area contributed by atoms with Gasteiger partial charge in [-0.05, 0) is 24.3 Å². The van der Waals surface area contributed by atoms with Crippen LogP contribution in [0.2, 0.25) is 0 Å². The number of rotatable bonds is 8. The number of hydrogen-bond donors (Lipinski definition) is 1. The van der Waals surface area contributed by atoms with Gasteiger partial charge in [0.1, 0.15) is 5.75 Å². The fraction of sp³-hybridized carbons (Fsp3) is 0.150. The van der Waals surface area contributed by atoms with E-state index in [1.54, 1.807) is 48.1 Å². The van der Waals surface area contributed by atoms with Crippen LogP contribution in [0, 0.1) is 0 Å². The van der Waals surface area contributed by atoms with Crippen molar-refractivity contribution in [3.63, 3.8) is 0 Å². The van der Waals surface area contributed by atoms with E-state index < -0.39 is 6.61 Å². The Kier molecular flexibility index (Phi) is 6.22. The highest BCUT2D eigenvalue weighted by atomic mass is 32.1. The number of para-hydroxylation sites is 1. The van der Waals surface area contributed by atoms with Crippen LogP contribution in [-0.2, 0) is 11.2 Å². The second-order valence-corrected chi connectivity index (χ2v) is 7.07. The van der Waals surface area contributed by atoms with Crippen molar-refractivity contribution in [3.8, 4) is 28.4 Å². The van der Waals surface area contributed by atoms with Gasteiger partial charge in [-0.3, -0.25) is 9.78 Å². The Morgan fingerprint density at radius 3 is 2.87 bits per heavy atom. The van der Waals surface area contributed by atoms with Crippen LogP contribution in [-0.4, -0.2) is 32.6 Å². The summed E-state index contributed by atoms with van der Waals surface area (Å²) in [4.78, 5) is 24.8. The molecule has 11 heteroatoms. The van der Waals surface area contributed by atoms with E-state index in [1.165, 1.54) is 17.4 Å². The van der Waals surface area contributed by atoms with Gasteiger partial charge in [-0.15, -0.1) is 11.3 Å². The van der Waals surface area contributed by atoms with Gasteiger partial charge in [0.05, 0.1) is 5.69 Å². The first kappa shape index (κ1) is 20.5. The summed E-state index contributed by atoms with van der Waals surface area (Å²) < 4.78 is 34.9. The number of anilines is 1. The maximum atomic E-state index is 12.6. The van der Waals surface area contributed by atoms with Crippen LogP contribution in [0.15, 0.2) is 58.7 Å². The number of aromatic nitrogens is 4. The number of benzene rings is 1. The van der Waals surface area contributed by atoms with Crippen LogP contribution in [0.1, 0.15) is 12.3 Å². The number of nitrogens with zero attached hydrogens (tertiary/aromatic N) is 4. The van der Waals surface area contributed by atoms with Crippen LogP contribution in [0.3, 0.4) is 0 Å². The van der Waals surface area contributed by atoms with Gasteiger partial charge in [0.2, 0.25) is 17.6 Å². The summed E-state index contributed by atoms with van der Waals surface area (Å²) in [5.41, 5.74) is 1.55. The Morgan fingerprint density at radius 2 is 2.06 bits per heavy atom. The summed E-state index contributed by atoms with van der Waals surface area (Å²) in [6.07, 6.45) is 3.62. The van der Waals surface area contributed by atoms with Crippen molar-refractivity contribution >= 4 is 22.4 Å². The van der Waals surface area contributed by atoms with Crippen LogP contribution >= 0.6 is 11.3 Å². The Morgan fingerprint density at radius 1 is 1.19 bits per heavy atom. The van der Waals surface area contributed by atoms with Gasteiger partial charge >= 0.3 is 6.61 Å². The summed E-state index contributed by atoms with van der Waals surface area (Å²) >= 11 is 1.18. The second-order valence-electron chi connectivity index (χ2n) is 6.21. The zero-order chi connectivity index (χ0) is 21.6. The molecule has 0 aliphatic carbocycles. The molecule has 3 aromatic heterocycles. The molecular weight excluding hydrogens is 428 g/mol. The number of amides is 1. The highest BCUT2D eigenvalue weighted by Crippen LogP contribution is 2.33. The first-order valence-corrected chi connectivity index (χ1v) is 9.99. The highest BCUT2D eigenvalue weighted by molar-refractivity contribution is 7.14. The molecule has 31 heavy (non-hydrogen) atoms. The third kappa shape index (κ3) is 5.25. The molecule has 0 aliphatic rings. The molecular formula is C20H15F2N5O3S. The number of pyridine rings is 1. The first-order valence-electron chi connectivity index (χ1n) is 9.11. The van der Waals surface area contributed by atoms with Crippen molar-refractivity contribution in [2.24, 2.45) is 0 Å². The lowest BCUT2D eigenvalue weighted by Gasteiger charge is -2.08. The maximum Gasteiger partial charge on any atom is 0.387 e. The maximum absolute atomic E-state index is 12.6. The Labute approximate surface area is 178 Å². The Bertz CT molecular complexity index is 1170. The smallest absolute Gasteiger partial charge is 0.387 e. The van der Waals surface area contributed by atoms with Crippen molar-refractivity contribution in [3.05, 3.63) is 60.1 Å². The van der Waals surface area contributed by atoms with Crippen molar-refractivity contribution < 1.29 is 22.8 Å². The van der Waals surface area contributed by atoms with Gasteiger partial charge in [-0.25, -0.2) is 4.98 Å². The fourth-order valence-electron chi connectivity index (χ4n) is 2.70. The van der Waals surface area contributed by atoms with Crippen molar-refractivity contribution in [1.82, 2.24) is 20.1 Å². The molecule has 0 spiro atoms. The monoisotopic (exact) mass is 443 g/mol. The average molecular weight is 443 g/mol. The van der Waals surface area contributed by atoms with E-state index in [-0.39, 0.29) is 24.5 Å². The summed E-state index contributed by atoms with van der Waals surface area (Å²) in [6, 6.07) is 9.90. The van der Waals surface area contributed by atoms with Crippen LogP contribution in [0.5, 0.6) is 5.75 Å². The number of ether oxygens (including phenoxy) is 1. The molecule has 158 valence electrons. The lowest BCUT2D eigenvalue weighted by atomic mass is 10.1. The molecule has 0 unspecified atom stereocenters. The summed E-state index contributed by atoms with van der Waals surface area (Å²) in [5, 5.41) is 8.56. The number of carbonyl (C=O) groups excluding carboxylic acids is 1. The Balaban J connectivity index is 1.35. The number of halogens is 2. The largest absolute Gasteiger partial charge is 0.434 e. The standard InChI is InChI=1S/C20H15F2N5O3S/c21-19(22)29-15-6-2-1-5-13(15)14-11-31-20(24-14)25-16(28)7-8-17-26-18(27-30-17)12-4-3-9-23-10-12/h1-6,9-11,19H,7-8H2,(H,24,25,28). The number of hydrogen-bond acceptors (Lipinski definition) is 8. The average Bonchev–Trinajstić information content (AvgIpc) is 3.43. The molecule has 0 saturated heterocycles. The van der Waals surface area contributed by atoms with Crippen LogP contribution in [0.4, 0.5) is 13.9 Å². The van der Waals surface area contributed by atoms with Gasteiger partial charge < -0.3 is 14.6 Å². The quantitative estimate of drug-likeness (QED) is 0.430. The van der Waals surface area contributed by atoms with Crippen molar-refractivity contribution in [2.75, 3.05) is 5.32 Å². The molecule has 1 aromatic carbocycles. The van der Waals surface area contributed by atoms with Crippen LogP contribution in [0.25, 0.3) is 22.6 Å². The van der Waals surface area contributed by atoms with Gasteiger partial charge in [-0.2, -0.15) is 13.8 Å². The molecule has 0 saturated carbocycles. The Hall–Kier alpha value is -3.73. The summed E-state index contributed by atoms with van der Waals surface area (Å²) in [6.45, 7) is -2.94. The number of aryl methyl sites for hydroxylation is 1. The molecule has 0 fully saturated rings. The van der Waals surface area contributed by atoms with Crippen LogP contribution < -0.4 is 10.1 Å². The van der Waals surface area contributed by atoms with E-state index in [0.717, 1.165) is 0 Å². The highest BCUT2D eigenvalue weighted by Gasteiger charge is 2.15. The van der Waals surface area contributed by atoms with E-state index >= 15 is 0 Å². The molecule has 1 N–H and O–H groups in total. The lowest BCUT2D eigenvalue weighted by molar-refractivity contribution is -0.116. The molecule has 0 atom stereocenters. The van der Waals surface area contributed by atoms with Crippen molar-refractivity contribution in [1.29, 1.82) is 0 Å². The van der Waals surface area contributed by atoms with Gasteiger partial charge in [0, 0.05) is 41.7 Å². The molecule has 0 aliphatic heterocycles. The minimum Gasteiger partial charge on any atom is -0.434 e. The minimum atomic E-state index is -2.94. The van der Waals surface area contributed by atoms with Crippen molar-refractivity contribution in [2.45, 2.75) is 19.5 Å². The lowest BCUT2D eigenvalue weighted by Crippen LogP contribution is -2.12. The molecule has 1 amide bonds. The van der Waals surface area contributed by atoms with Gasteiger partial charge in [-0.1, -0.05) is 17.3 Å². The number of carbonyl (C=O) groups is 1. The predicted molar refractivity (Wildman–Crippen MR) is 109 cm³/mol. The first-order chi connectivity index (χ1) is 15.1. The van der Waals surface area contributed by atoms with E-state index in [2.05, 4.69) is 30.2 Å². The third-order valence-electron chi connectivity index (χ3n) is 4.08. The molecule has 4 aromatic rings. The van der Waals surface area contributed by atoms with E-state index in [4.69, 9.17) is 4.52 Å². The molecule has 0 radical (unpaired) electrons. The number of thiazole rings is 1. The second kappa shape index (κ2) is 9.39. The normalized spacial score (nSPS) is 10.9.